The molecule has 0 amide bonds. The number of aromatic nitrogens is 2. The number of benzene rings is 1. The normalized spacial score (nSPS) is 10.4. The lowest BCUT2D eigenvalue weighted by atomic mass is 10.1. The zero-order valence-electron chi connectivity index (χ0n) is 12.0. The molecule has 1 aromatic heterocycles. The molecule has 7 nitrogen and oxygen atoms in total. The Kier molecular flexibility index (Phi) is 5.05. The smallest absolute Gasteiger partial charge is 0.337 e. The highest BCUT2D eigenvalue weighted by Crippen LogP contribution is 2.20. The molecular weight excluding hydrogens is 304 g/mol. The average molecular weight is 320 g/mol. The van der Waals surface area contributed by atoms with Gasteiger partial charge in [-0.2, -0.15) is 4.98 Å². The summed E-state index contributed by atoms with van der Waals surface area (Å²) in [6, 6.07) is 7.11. The van der Waals surface area contributed by atoms with E-state index in [1.165, 1.54) is 18.9 Å². The molecule has 2 rings (SSSR count). The molecule has 8 heteroatoms. The summed E-state index contributed by atoms with van der Waals surface area (Å²) in [5, 5.41) is 0. The van der Waals surface area contributed by atoms with Crippen LogP contribution in [-0.4, -0.2) is 28.8 Å². The molecule has 0 aliphatic rings. The number of aryl methyl sites for hydroxylation is 1. The van der Waals surface area contributed by atoms with Gasteiger partial charge < -0.3 is 16.2 Å². The van der Waals surface area contributed by atoms with Crippen LogP contribution in [0.15, 0.2) is 34.0 Å². The lowest BCUT2D eigenvalue weighted by molar-refractivity contribution is 0.0600. The zero-order chi connectivity index (χ0) is 16.1. The maximum Gasteiger partial charge on any atom is 0.337 e. The fourth-order valence-corrected chi connectivity index (χ4v) is 2.75. The number of nitrogens with zero attached hydrogens (tertiary/aromatic N) is 1. The second-order valence-corrected chi connectivity index (χ2v) is 5.56. The molecular formula is C14H16N4O3S. The van der Waals surface area contributed by atoms with Crippen LogP contribution in [0.25, 0.3) is 0 Å². The van der Waals surface area contributed by atoms with E-state index in [1.54, 1.807) is 12.1 Å². The van der Waals surface area contributed by atoms with Gasteiger partial charge in [0, 0.05) is 5.75 Å². The van der Waals surface area contributed by atoms with Gasteiger partial charge in [-0.1, -0.05) is 12.1 Å². The van der Waals surface area contributed by atoms with Gasteiger partial charge in [0.1, 0.15) is 10.7 Å². The zero-order valence-corrected chi connectivity index (χ0v) is 12.8. The number of esters is 1. The highest BCUT2D eigenvalue weighted by atomic mass is 32.2. The summed E-state index contributed by atoms with van der Waals surface area (Å²) in [5.74, 6) is 0.418. The lowest BCUT2D eigenvalue weighted by Crippen LogP contribution is -2.16. The van der Waals surface area contributed by atoms with Crippen molar-refractivity contribution in [2.45, 2.75) is 11.3 Å². The van der Waals surface area contributed by atoms with Gasteiger partial charge in [-0.25, -0.2) is 4.79 Å². The molecule has 2 aromatic rings. The highest BCUT2D eigenvalue weighted by Gasteiger charge is 2.09. The van der Waals surface area contributed by atoms with Gasteiger partial charge in [-0.05, 0) is 24.1 Å². The number of H-pyrrole nitrogens is 1. The van der Waals surface area contributed by atoms with Crippen molar-refractivity contribution >= 4 is 29.5 Å². The highest BCUT2D eigenvalue weighted by molar-refractivity contribution is 7.99. The average Bonchev–Trinajstić information content (AvgIpc) is 2.49. The summed E-state index contributed by atoms with van der Waals surface area (Å²) in [4.78, 5) is 29.7. The molecule has 0 aliphatic carbocycles. The predicted octanol–water partition coefficient (Wildman–Crippen LogP) is 1.06. The molecule has 0 spiro atoms. The van der Waals surface area contributed by atoms with Gasteiger partial charge >= 0.3 is 5.97 Å². The Balaban J connectivity index is 1.97. The molecule has 0 aliphatic heterocycles. The number of nitrogen functional groups attached to an aromatic ring is 2. The van der Waals surface area contributed by atoms with E-state index in [-0.39, 0.29) is 23.3 Å². The molecule has 1 aromatic carbocycles. The quantitative estimate of drug-likeness (QED) is 0.555. The van der Waals surface area contributed by atoms with Crippen LogP contribution in [0.1, 0.15) is 15.9 Å². The Morgan fingerprint density at radius 3 is 2.59 bits per heavy atom. The first-order valence-corrected chi connectivity index (χ1v) is 7.45. The Morgan fingerprint density at radius 2 is 2.00 bits per heavy atom. The number of carbonyl (C=O) groups excluding carboxylic acids is 1. The number of ether oxygens (including phenoxy) is 1. The van der Waals surface area contributed by atoms with Crippen molar-refractivity contribution in [3.05, 3.63) is 45.7 Å². The lowest BCUT2D eigenvalue weighted by Gasteiger charge is -2.05. The molecule has 0 fully saturated rings. The minimum atomic E-state index is -0.367. The second kappa shape index (κ2) is 6.99. The summed E-state index contributed by atoms with van der Waals surface area (Å²) >= 11 is 1.31. The first-order valence-electron chi connectivity index (χ1n) is 6.46. The summed E-state index contributed by atoms with van der Waals surface area (Å²) < 4.78 is 4.64. The Hall–Kier alpha value is -2.48. The third-order valence-electron chi connectivity index (χ3n) is 2.93. The van der Waals surface area contributed by atoms with E-state index in [2.05, 4.69) is 14.7 Å². The second-order valence-electron chi connectivity index (χ2n) is 4.45. The van der Waals surface area contributed by atoms with Crippen LogP contribution < -0.4 is 17.0 Å². The first-order chi connectivity index (χ1) is 10.5. The van der Waals surface area contributed by atoms with E-state index in [1.807, 2.05) is 12.1 Å². The molecule has 5 N–H and O–H groups in total. The number of rotatable bonds is 5. The standard InChI is InChI=1S/C14H16N4O3S/c1-21-13(20)9-4-2-8(3-5-9)6-7-22-10-11(15)17-14(16)18-12(10)19/h2-5H,6-7H2,1H3,(H5,15,16,17,18,19). The van der Waals surface area contributed by atoms with Crippen LogP contribution in [0.4, 0.5) is 11.8 Å². The molecule has 0 atom stereocenters. The van der Waals surface area contributed by atoms with Crippen LogP contribution in [-0.2, 0) is 11.2 Å². The van der Waals surface area contributed by atoms with Crippen LogP contribution in [0, 0.1) is 0 Å². The number of hydrogen-bond acceptors (Lipinski definition) is 7. The summed E-state index contributed by atoms with van der Waals surface area (Å²) in [5.41, 5.74) is 12.3. The summed E-state index contributed by atoms with van der Waals surface area (Å²) in [6.07, 6.45) is 0.718. The van der Waals surface area contributed by atoms with Gasteiger partial charge in [-0.3, -0.25) is 9.78 Å². The molecule has 0 unspecified atom stereocenters. The largest absolute Gasteiger partial charge is 0.465 e. The van der Waals surface area contributed by atoms with Crippen molar-refractivity contribution in [1.82, 2.24) is 9.97 Å². The number of nitrogens with one attached hydrogen (secondary N) is 1. The number of nitrogens with two attached hydrogens (primary N) is 2. The molecule has 22 heavy (non-hydrogen) atoms. The SMILES string of the molecule is COC(=O)c1ccc(CCSc2c(N)nc(N)[nH]c2=O)cc1. The third kappa shape index (κ3) is 3.79. The van der Waals surface area contributed by atoms with Crippen molar-refractivity contribution in [1.29, 1.82) is 0 Å². The van der Waals surface area contributed by atoms with Crippen molar-refractivity contribution in [2.75, 3.05) is 24.3 Å². The minimum absolute atomic E-state index is 0.00486. The summed E-state index contributed by atoms with van der Waals surface area (Å²) in [6.45, 7) is 0. The van der Waals surface area contributed by atoms with Crippen molar-refractivity contribution < 1.29 is 9.53 Å². The van der Waals surface area contributed by atoms with E-state index < -0.39 is 0 Å². The molecule has 0 saturated heterocycles. The van der Waals surface area contributed by atoms with Crippen molar-refractivity contribution in [3.63, 3.8) is 0 Å². The molecule has 0 saturated carbocycles. The van der Waals surface area contributed by atoms with Crippen LogP contribution in [0.2, 0.25) is 0 Å². The monoisotopic (exact) mass is 320 g/mol. The Bertz CT molecular complexity index is 728. The van der Waals surface area contributed by atoms with Gasteiger partial charge in [0.05, 0.1) is 12.7 Å². The van der Waals surface area contributed by atoms with Gasteiger partial charge in [0.25, 0.3) is 5.56 Å². The number of methoxy groups -OCH3 is 1. The van der Waals surface area contributed by atoms with Gasteiger partial charge in [0.15, 0.2) is 0 Å². The van der Waals surface area contributed by atoms with Crippen molar-refractivity contribution in [2.24, 2.45) is 0 Å². The predicted molar refractivity (Wildman–Crippen MR) is 85.9 cm³/mol. The molecule has 1 heterocycles. The Morgan fingerprint density at radius 1 is 1.32 bits per heavy atom. The number of thioether (sulfide) groups is 1. The number of carbonyl (C=O) groups is 1. The van der Waals surface area contributed by atoms with E-state index in [0.29, 0.717) is 16.2 Å². The fraction of sp³-hybridized carbons (Fsp3) is 0.214. The number of anilines is 2. The summed E-state index contributed by atoms with van der Waals surface area (Å²) in [7, 11) is 1.34. The van der Waals surface area contributed by atoms with Gasteiger partial charge in [-0.15, -0.1) is 11.8 Å². The first kappa shape index (κ1) is 15.9. The van der Waals surface area contributed by atoms with E-state index >= 15 is 0 Å². The topological polar surface area (TPSA) is 124 Å². The van der Waals surface area contributed by atoms with Crippen molar-refractivity contribution in [3.8, 4) is 0 Å². The number of aromatic amines is 1. The number of hydrogen-bond donors (Lipinski definition) is 3. The third-order valence-corrected chi connectivity index (χ3v) is 4.03. The van der Waals surface area contributed by atoms with E-state index in [9.17, 15) is 9.59 Å². The maximum absolute atomic E-state index is 11.7. The van der Waals surface area contributed by atoms with Crippen LogP contribution in [0.5, 0.6) is 0 Å². The van der Waals surface area contributed by atoms with E-state index in [4.69, 9.17) is 11.5 Å². The van der Waals surface area contributed by atoms with Crippen LogP contribution in [0.3, 0.4) is 0 Å². The molecule has 116 valence electrons. The molecule has 0 bridgehead atoms. The maximum atomic E-state index is 11.7. The van der Waals surface area contributed by atoms with Crippen LogP contribution >= 0.6 is 11.8 Å². The minimum Gasteiger partial charge on any atom is -0.465 e. The Labute approximate surface area is 131 Å². The fourth-order valence-electron chi connectivity index (χ4n) is 1.83. The van der Waals surface area contributed by atoms with Gasteiger partial charge in [0.2, 0.25) is 5.95 Å². The molecule has 0 radical (unpaired) electrons. The van der Waals surface area contributed by atoms with E-state index in [0.717, 1.165) is 12.0 Å².